The van der Waals surface area contributed by atoms with Crippen LogP contribution < -0.4 is 0 Å². The van der Waals surface area contributed by atoms with Gasteiger partial charge in [0.2, 0.25) is 0 Å². The Morgan fingerprint density at radius 3 is 0.944 bits per heavy atom. The summed E-state index contributed by atoms with van der Waals surface area (Å²) in [5.41, 5.74) is 0. The molecule has 6 N–H and O–H groups in total. The second-order valence-corrected chi connectivity index (χ2v) is 1.96. The lowest BCUT2D eigenvalue weighted by molar-refractivity contribution is -0.182. The minimum absolute atomic E-state index is 0. The second kappa shape index (κ2) is 8.31. The maximum absolute atomic E-state index is 10.5. The van der Waals surface area contributed by atoms with Gasteiger partial charge in [0.25, 0.3) is 0 Å². The first-order valence-electron chi connectivity index (χ1n) is 3.24. The van der Waals surface area contributed by atoms with E-state index in [-0.39, 0.29) is 11.0 Å². The molecule has 0 heterocycles. The summed E-state index contributed by atoms with van der Waals surface area (Å²) in [4.78, 5) is 61.1. The number of carboxylic acid groups (broad SMARTS) is 2. The van der Waals surface area contributed by atoms with Gasteiger partial charge in [0, 0.05) is 0 Å². The molecule has 0 saturated heterocycles. The van der Waals surface area contributed by atoms with Crippen LogP contribution in [0.4, 0.5) is 0 Å². The van der Waals surface area contributed by atoms with E-state index < -0.39 is 35.8 Å². The van der Waals surface area contributed by atoms with Gasteiger partial charge in [-0.3, -0.25) is 0 Å². The first-order chi connectivity index (χ1) is 7.25. The molecule has 0 rings (SSSR count). The van der Waals surface area contributed by atoms with Crippen LogP contribution in [0.2, 0.25) is 0 Å². The third kappa shape index (κ3) is 6.59. The molecule has 0 aromatic heterocycles. The van der Waals surface area contributed by atoms with Crippen molar-refractivity contribution in [2.75, 3.05) is 0 Å². The van der Waals surface area contributed by atoms with Crippen molar-refractivity contribution in [1.29, 1.82) is 0 Å². The van der Waals surface area contributed by atoms with E-state index in [4.69, 9.17) is 10.2 Å². The predicted octanol–water partition coefficient (Wildman–Crippen LogP) is -4.35. The number of aliphatic carboxylic acids is 2. The smallest absolute Gasteiger partial charge is 0.426 e. The van der Waals surface area contributed by atoms with Gasteiger partial charge in [0.15, 0.2) is 0 Å². The first kappa shape index (κ1) is 20.5. The Labute approximate surface area is 96.3 Å². The van der Waals surface area contributed by atoms with Gasteiger partial charge in [0.05, 0.1) is 0 Å². The van der Waals surface area contributed by atoms with Crippen LogP contribution in [0.25, 0.3) is 0 Å². The largest absolute Gasteiger partial charge is 0.473 e. The van der Waals surface area contributed by atoms with Crippen LogP contribution in [0.3, 0.4) is 0 Å². The van der Waals surface area contributed by atoms with Crippen LogP contribution in [0.5, 0.6) is 0 Å². The minimum atomic E-state index is -2.16. The highest BCUT2D eigenvalue weighted by Gasteiger charge is 2.29. The highest BCUT2D eigenvalue weighted by molar-refractivity contribution is 6.41. The third-order valence-electron chi connectivity index (χ3n) is 0.887. The molecule has 0 aromatic carbocycles. The van der Waals surface area contributed by atoms with Gasteiger partial charge in [-0.05, 0) is 0 Å². The molecule has 102 valence electrons. The van der Waals surface area contributed by atoms with Gasteiger partial charge in [-0.1, -0.05) is 0 Å². The van der Waals surface area contributed by atoms with E-state index in [1.165, 1.54) is 0 Å². The van der Waals surface area contributed by atoms with E-state index in [2.05, 4.69) is 9.47 Å². The molecular formula is C6H6O12. The summed E-state index contributed by atoms with van der Waals surface area (Å²) >= 11 is 0. The normalized spacial score (nSPS) is 7.78. The quantitative estimate of drug-likeness (QED) is 0.244. The monoisotopic (exact) mass is 270 g/mol. The molecule has 0 aliphatic rings. The molecule has 0 bridgehead atoms. The number of esters is 4. The van der Waals surface area contributed by atoms with Gasteiger partial charge in [0.1, 0.15) is 0 Å². The predicted molar refractivity (Wildman–Crippen MR) is 44.7 cm³/mol. The summed E-state index contributed by atoms with van der Waals surface area (Å²) in [6.45, 7) is 0. The van der Waals surface area contributed by atoms with Gasteiger partial charge < -0.3 is 30.6 Å². The van der Waals surface area contributed by atoms with Crippen LogP contribution in [-0.4, -0.2) is 57.0 Å². The average Bonchev–Trinajstić information content (AvgIpc) is 2.16. The molecule has 0 amide bonds. The van der Waals surface area contributed by atoms with E-state index in [9.17, 15) is 28.8 Å². The molecule has 0 saturated carbocycles. The number of carboxylic acids is 2. The highest BCUT2D eigenvalue weighted by atomic mass is 16.7. The SMILES string of the molecule is O.O.O=C(O)C(=O)OC(=O)C(=O)OC(=O)C(=O)O. The molecule has 18 heavy (non-hydrogen) atoms. The third-order valence-corrected chi connectivity index (χ3v) is 0.887. The average molecular weight is 270 g/mol. The van der Waals surface area contributed by atoms with Gasteiger partial charge in [-0.2, -0.15) is 0 Å². The molecule has 0 aliphatic carbocycles. The number of rotatable bonds is 0. The van der Waals surface area contributed by atoms with Crippen LogP contribution in [-0.2, 0) is 38.2 Å². The molecule has 0 aromatic rings. The summed E-state index contributed by atoms with van der Waals surface area (Å²) in [6.07, 6.45) is 0. The van der Waals surface area contributed by atoms with Gasteiger partial charge in [-0.15, -0.1) is 0 Å². The summed E-state index contributed by atoms with van der Waals surface area (Å²) in [6, 6.07) is 0. The van der Waals surface area contributed by atoms with Crippen molar-refractivity contribution in [1.82, 2.24) is 0 Å². The van der Waals surface area contributed by atoms with Crippen LogP contribution >= 0.6 is 0 Å². The van der Waals surface area contributed by atoms with Gasteiger partial charge >= 0.3 is 35.8 Å². The number of ether oxygens (including phenoxy) is 2. The number of carbonyl (C=O) groups is 6. The lowest BCUT2D eigenvalue weighted by atomic mass is 10.6. The summed E-state index contributed by atoms with van der Waals surface area (Å²) in [5, 5.41) is 15.9. The summed E-state index contributed by atoms with van der Waals surface area (Å²) < 4.78 is 6.71. The fourth-order valence-corrected chi connectivity index (χ4v) is 0.339. The van der Waals surface area contributed by atoms with Gasteiger partial charge in [-0.25, -0.2) is 28.8 Å². The standard InChI is InChI=1S/C6H2O10.2H2O/c7-1(8)3(11)15-5(13)6(14)16-4(12)2(9)10;;/h(H,7,8)(H,9,10);2*1H2. The molecular weight excluding hydrogens is 264 g/mol. The number of carbonyl (C=O) groups excluding carboxylic acids is 4. The summed E-state index contributed by atoms with van der Waals surface area (Å²) in [7, 11) is 0. The molecule has 12 nitrogen and oxygen atoms in total. The van der Waals surface area contributed by atoms with Crippen LogP contribution in [0.15, 0.2) is 0 Å². The second-order valence-electron chi connectivity index (χ2n) is 1.96. The molecule has 0 unspecified atom stereocenters. The zero-order chi connectivity index (χ0) is 12.9. The van der Waals surface area contributed by atoms with Crippen molar-refractivity contribution < 1.29 is 59.4 Å². The van der Waals surface area contributed by atoms with Crippen molar-refractivity contribution in [2.45, 2.75) is 0 Å². The van der Waals surface area contributed by atoms with Crippen LogP contribution in [0, 0.1) is 0 Å². The molecule has 12 heteroatoms. The van der Waals surface area contributed by atoms with Crippen molar-refractivity contribution in [3.05, 3.63) is 0 Å². The van der Waals surface area contributed by atoms with Crippen molar-refractivity contribution in [3.8, 4) is 0 Å². The van der Waals surface area contributed by atoms with Crippen molar-refractivity contribution in [2.24, 2.45) is 0 Å². The van der Waals surface area contributed by atoms with E-state index in [1.54, 1.807) is 0 Å². The molecule has 0 fully saturated rings. The molecule has 0 spiro atoms. The Hall–Kier alpha value is -2.86. The zero-order valence-corrected chi connectivity index (χ0v) is 8.16. The molecule has 0 atom stereocenters. The van der Waals surface area contributed by atoms with E-state index in [0.29, 0.717) is 0 Å². The fourth-order valence-electron chi connectivity index (χ4n) is 0.339. The minimum Gasteiger partial charge on any atom is -0.473 e. The zero-order valence-electron chi connectivity index (χ0n) is 8.16. The Balaban J connectivity index is -0.00000112. The molecule has 0 radical (unpaired) electrons. The summed E-state index contributed by atoms with van der Waals surface area (Å²) in [5.74, 6) is -12.7. The molecule has 0 aliphatic heterocycles. The van der Waals surface area contributed by atoms with E-state index >= 15 is 0 Å². The van der Waals surface area contributed by atoms with E-state index in [0.717, 1.165) is 0 Å². The Morgan fingerprint density at radius 1 is 0.556 bits per heavy atom. The maximum atomic E-state index is 10.5. The Kier molecular flexibility index (Phi) is 9.48. The maximum Gasteiger partial charge on any atom is 0.426 e. The topological polar surface area (TPSA) is 224 Å². The Bertz CT molecular complexity index is 353. The van der Waals surface area contributed by atoms with E-state index in [1.807, 2.05) is 0 Å². The number of hydrogen-bond donors (Lipinski definition) is 2. The first-order valence-corrected chi connectivity index (χ1v) is 3.24. The highest BCUT2D eigenvalue weighted by Crippen LogP contribution is 1.88. The Morgan fingerprint density at radius 2 is 0.778 bits per heavy atom. The lowest BCUT2D eigenvalue weighted by Gasteiger charge is -1.98. The fraction of sp³-hybridized carbons (Fsp3) is 0. The van der Waals surface area contributed by atoms with Crippen molar-refractivity contribution >= 4 is 35.8 Å². The van der Waals surface area contributed by atoms with Crippen LogP contribution in [0.1, 0.15) is 0 Å². The lowest BCUT2D eigenvalue weighted by Crippen LogP contribution is -2.30. The number of hydrogen-bond acceptors (Lipinski definition) is 8. The van der Waals surface area contributed by atoms with Crippen molar-refractivity contribution in [3.63, 3.8) is 0 Å².